The van der Waals surface area contributed by atoms with Crippen LogP contribution in [0, 0.1) is 0 Å². The largest absolute Gasteiger partial charge is 0.492 e. The van der Waals surface area contributed by atoms with Gasteiger partial charge < -0.3 is 4.74 Å². The molecule has 0 bridgehead atoms. The second kappa shape index (κ2) is 8.39. The Bertz CT molecular complexity index is 940. The average molecular weight is 418 g/mol. The van der Waals surface area contributed by atoms with Crippen LogP contribution in [0.3, 0.4) is 0 Å². The minimum Gasteiger partial charge on any atom is -0.492 e. The van der Waals surface area contributed by atoms with Gasteiger partial charge in [-0.1, -0.05) is 18.5 Å². The molecule has 26 heavy (non-hydrogen) atoms. The molecule has 0 aliphatic heterocycles. The summed E-state index contributed by atoms with van der Waals surface area (Å²) in [5.74, 6) is 0.551. The zero-order chi connectivity index (χ0) is 19.4. The second-order valence-corrected chi connectivity index (χ2v) is 10.3. The number of sulfonamides is 1. The highest BCUT2D eigenvalue weighted by atomic mass is 35.5. The Balaban J connectivity index is 2.03. The van der Waals surface area contributed by atoms with E-state index in [-0.39, 0.29) is 28.7 Å². The number of ether oxygens (including phenoxy) is 1. The van der Waals surface area contributed by atoms with E-state index >= 15 is 0 Å². The minimum atomic E-state index is -3.73. The van der Waals surface area contributed by atoms with Crippen molar-refractivity contribution in [2.45, 2.75) is 16.7 Å². The lowest BCUT2D eigenvalue weighted by Gasteiger charge is -2.17. The van der Waals surface area contributed by atoms with Crippen LogP contribution < -0.4 is 4.74 Å². The molecular formula is C17H20ClNO5S2. The first-order valence-electron chi connectivity index (χ1n) is 7.84. The van der Waals surface area contributed by atoms with Crippen molar-refractivity contribution in [1.82, 2.24) is 4.31 Å². The summed E-state index contributed by atoms with van der Waals surface area (Å²) in [6.07, 6.45) is 0. The van der Waals surface area contributed by atoms with Crippen LogP contribution in [0.15, 0.2) is 58.3 Å². The fourth-order valence-electron chi connectivity index (χ4n) is 2.11. The van der Waals surface area contributed by atoms with Gasteiger partial charge in [0.2, 0.25) is 10.0 Å². The molecule has 0 saturated heterocycles. The molecule has 0 saturated carbocycles. The summed E-state index contributed by atoms with van der Waals surface area (Å²) in [7, 11) is -5.66. The third-order valence-electron chi connectivity index (χ3n) is 3.76. The Morgan fingerprint density at radius 2 is 1.46 bits per heavy atom. The maximum Gasteiger partial charge on any atom is 0.242 e. The van der Waals surface area contributed by atoms with E-state index in [2.05, 4.69) is 0 Å². The van der Waals surface area contributed by atoms with Crippen molar-refractivity contribution in [3.63, 3.8) is 0 Å². The van der Waals surface area contributed by atoms with Gasteiger partial charge in [0.15, 0.2) is 9.84 Å². The molecule has 0 aliphatic carbocycles. The Kier molecular flexibility index (Phi) is 6.68. The van der Waals surface area contributed by atoms with Crippen LogP contribution in [0.4, 0.5) is 0 Å². The number of sulfone groups is 1. The summed E-state index contributed by atoms with van der Waals surface area (Å²) in [4.78, 5) is 0.134. The van der Waals surface area contributed by atoms with E-state index in [9.17, 15) is 16.8 Å². The number of benzene rings is 2. The lowest BCUT2D eigenvalue weighted by Crippen LogP contribution is -2.31. The van der Waals surface area contributed by atoms with Crippen LogP contribution in [0.5, 0.6) is 5.75 Å². The SMILES string of the molecule is CCS(=O)(=O)c1ccc(S(=O)(=O)N(C)CCOc2ccc(Cl)cc2)cc1. The second-order valence-electron chi connectivity index (χ2n) is 5.50. The van der Waals surface area contributed by atoms with Crippen molar-refractivity contribution in [3.8, 4) is 5.75 Å². The number of likely N-dealkylation sites (N-methyl/N-ethyl adjacent to an activating group) is 1. The van der Waals surface area contributed by atoms with E-state index in [4.69, 9.17) is 16.3 Å². The molecule has 2 rings (SSSR count). The van der Waals surface area contributed by atoms with E-state index in [1.165, 1.54) is 38.2 Å². The van der Waals surface area contributed by atoms with Crippen molar-refractivity contribution in [2.75, 3.05) is 26.0 Å². The summed E-state index contributed by atoms with van der Waals surface area (Å²) in [5, 5.41) is 0.589. The van der Waals surface area contributed by atoms with Crippen LogP contribution in [0.25, 0.3) is 0 Å². The normalized spacial score (nSPS) is 12.3. The fraction of sp³-hybridized carbons (Fsp3) is 0.294. The van der Waals surface area contributed by atoms with Crippen LogP contribution in [-0.2, 0) is 19.9 Å². The van der Waals surface area contributed by atoms with Gasteiger partial charge in [-0.3, -0.25) is 0 Å². The standard InChI is InChI=1S/C17H20ClNO5S2/c1-3-25(20,21)16-8-10-17(11-9-16)26(22,23)19(2)12-13-24-15-6-4-14(18)5-7-15/h4-11H,3,12-13H2,1-2H3. The first-order chi connectivity index (χ1) is 12.2. The van der Waals surface area contributed by atoms with Gasteiger partial charge in [0.05, 0.1) is 15.5 Å². The maximum atomic E-state index is 12.6. The van der Waals surface area contributed by atoms with E-state index in [1.807, 2.05) is 0 Å². The first kappa shape index (κ1) is 20.7. The average Bonchev–Trinajstić information content (AvgIpc) is 2.63. The van der Waals surface area contributed by atoms with Gasteiger partial charge in [0, 0.05) is 18.6 Å². The Morgan fingerprint density at radius 3 is 2.00 bits per heavy atom. The summed E-state index contributed by atoms with van der Waals surface area (Å²) in [6.45, 7) is 1.84. The molecule has 0 amide bonds. The molecule has 9 heteroatoms. The van der Waals surface area contributed by atoms with E-state index < -0.39 is 19.9 Å². The lowest BCUT2D eigenvalue weighted by atomic mass is 10.3. The lowest BCUT2D eigenvalue weighted by molar-refractivity contribution is 0.287. The predicted molar refractivity (Wildman–Crippen MR) is 101 cm³/mol. The van der Waals surface area contributed by atoms with Crippen molar-refractivity contribution < 1.29 is 21.6 Å². The Morgan fingerprint density at radius 1 is 0.923 bits per heavy atom. The molecule has 2 aromatic rings. The topological polar surface area (TPSA) is 80.8 Å². The van der Waals surface area contributed by atoms with Gasteiger partial charge in [0.1, 0.15) is 12.4 Å². The predicted octanol–water partition coefficient (Wildman–Crippen LogP) is 2.83. The summed E-state index contributed by atoms with van der Waals surface area (Å²) < 4.78 is 55.4. The maximum absolute atomic E-state index is 12.6. The number of hydrogen-bond acceptors (Lipinski definition) is 5. The molecule has 0 fully saturated rings. The van der Waals surface area contributed by atoms with Gasteiger partial charge >= 0.3 is 0 Å². The van der Waals surface area contributed by atoms with Gasteiger partial charge in [-0.25, -0.2) is 16.8 Å². The van der Waals surface area contributed by atoms with Crippen LogP contribution in [-0.4, -0.2) is 47.1 Å². The number of hydrogen-bond donors (Lipinski definition) is 0. The van der Waals surface area contributed by atoms with Gasteiger partial charge in [0.25, 0.3) is 0 Å². The number of rotatable bonds is 8. The first-order valence-corrected chi connectivity index (χ1v) is 11.3. The van der Waals surface area contributed by atoms with Crippen molar-refractivity contribution in [1.29, 1.82) is 0 Å². The van der Waals surface area contributed by atoms with Gasteiger partial charge in [-0.05, 0) is 48.5 Å². The molecule has 0 heterocycles. The quantitative estimate of drug-likeness (QED) is 0.659. The van der Waals surface area contributed by atoms with Crippen LogP contribution in [0.2, 0.25) is 5.02 Å². The van der Waals surface area contributed by atoms with Crippen molar-refractivity contribution in [2.24, 2.45) is 0 Å². The van der Waals surface area contributed by atoms with Crippen molar-refractivity contribution in [3.05, 3.63) is 53.6 Å². The molecule has 2 aromatic carbocycles. The van der Waals surface area contributed by atoms with E-state index in [0.717, 1.165) is 4.31 Å². The highest BCUT2D eigenvalue weighted by Gasteiger charge is 2.21. The molecule has 0 atom stereocenters. The smallest absolute Gasteiger partial charge is 0.242 e. The molecular weight excluding hydrogens is 398 g/mol. The van der Waals surface area contributed by atoms with Gasteiger partial charge in [-0.15, -0.1) is 0 Å². The molecule has 0 unspecified atom stereocenters. The highest BCUT2D eigenvalue weighted by molar-refractivity contribution is 7.91. The van der Waals surface area contributed by atoms with Crippen LogP contribution >= 0.6 is 11.6 Å². The molecule has 142 valence electrons. The molecule has 0 spiro atoms. The Hall–Kier alpha value is -1.61. The third kappa shape index (κ3) is 4.97. The molecule has 0 aliphatic rings. The fourth-order valence-corrected chi connectivity index (χ4v) is 4.27. The monoisotopic (exact) mass is 417 g/mol. The minimum absolute atomic E-state index is 0.0292. The zero-order valence-electron chi connectivity index (χ0n) is 14.4. The van der Waals surface area contributed by atoms with Gasteiger partial charge in [-0.2, -0.15) is 4.31 Å². The molecule has 0 radical (unpaired) electrons. The summed E-state index contributed by atoms with van der Waals surface area (Å²) in [5.41, 5.74) is 0. The molecule has 0 N–H and O–H groups in total. The van der Waals surface area contributed by atoms with E-state index in [1.54, 1.807) is 24.3 Å². The molecule has 0 aromatic heterocycles. The van der Waals surface area contributed by atoms with E-state index in [0.29, 0.717) is 10.8 Å². The number of halogens is 1. The summed E-state index contributed by atoms with van der Waals surface area (Å²) >= 11 is 5.79. The van der Waals surface area contributed by atoms with Crippen LogP contribution in [0.1, 0.15) is 6.92 Å². The highest BCUT2D eigenvalue weighted by Crippen LogP contribution is 2.19. The molecule has 6 nitrogen and oxygen atoms in total. The Labute approximate surface area is 159 Å². The third-order valence-corrected chi connectivity index (χ3v) is 7.63. The zero-order valence-corrected chi connectivity index (χ0v) is 16.8. The van der Waals surface area contributed by atoms with Crippen molar-refractivity contribution >= 4 is 31.5 Å². The number of nitrogens with zero attached hydrogens (tertiary/aromatic N) is 1. The summed E-state index contributed by atoms with van der Waals surface area (Å²) in [6, 6.07) is 12.0.